The van der Waals surface area contributed by atoms with Crippen LogP contribution in [0.4, 0.5) is 0 Å². The maximum atomic E-state index is 6.75. The van der Waals surface area contributed by atoms with Crippen LogP contribution < -0.4 is 9.47 Å². The first-order chi connectivity index (χ1) is 24.0. The zero-order valence-electron chi connectivity index (χ0n) is 26.9. The number of benzene rings is 7. The summed E-state index contributed by atoms with van der Waals surface area (Å²) in [6, 6.07) is 47.9. The van der Waals surface area contributed by atoms with Crippen LogP contribution in [0.5, 0.6) is 23.0 Å². The van der Waals surface area contributed by atoms with E-state index in [0.717, 1.165) is 33.4 Å². The van der Waals surface area contributed by atoms with Gasteiger partial charge in [0, 0.05) is 27.7 Å². The molecule has 2 heterocycles. The normalized spacial score (nSPS) is 13.6. The SMILES string of the molecule is CC1(C)c2ccccc2-c2c1ccc1c2Oc2cc(-c3nc(-c4ccccc4)nc(-c4ccc5c(ccc6ccccc65)c4)n3)ccc2O1. The highest BCUT2D eigenvalue weighted by atomic mass is 16.6. The Labute approximate surface area is 283 Å². The van der Waals surface area contributed by atoms with E-state index in [0.29, 0.717) is 34.7 Å². The second-order valence-electron chi connectivity index (χ2n) is 13.2. The van der Waals surface area contributed by atoms with Crippen molar-refractivity contribution in [2.24, 2.45) is 0 Å². The molecule has 0 fully saturated rings. The fourth-order valence-corrected chi connectivity index (χ4v) is 7.47. The second kappa shape index (κ2) is 10.3. The van der Waals surface area contributed by atoms with Crippen molar-refractivity contribution in [3.63, 3.8) is 0 Å². The Morgan fingerprint density at radius 3 is 1.96 bits per heavy atom. The summed E-state index contributed by atoms with van der Waals surface area (Å²) in [5.41, 5.74) is 7.30. The van der Waals surface area contributed by atoms with E-state index >= 15 is 0 Å². The van der Waals surface area contributed by atoms with E-state index in [1.807, 2.05) is 54.6 Å². The third kappa shape index (κ3) is 4.29. The molecular formula is C44H29N3O2. The van der Waals surface area contributed by atoms with Crippen LogP contribution >= 0.6 is 0 Å². The number of hydrogen-bond acceptors (Lipinski definition) is 5. The molecule has 7 aromatic carbocycles. The van der Waals surface area contributed by atoms with Crippen LogP contribution in [0.2, 0.25) is 0 Å². The highest BCUT2D eigenvalue weighted by Gasteiger charge is 2.39. The predicted octanol–water partition coefficient (Wildman–Crippen LogP) is 11.4. The Kier molecular flexibility index (Phi) is 5.85. The van der Waals surface area contributed by atoms with Crippen LogP contribution in [0, 0.1) is 0 Å². The zero-order chi connectivity index (χ0) is 32.7. The van der Waals surface area contributed by atoms with Gasteiger partial charge in [-0.15, -0.1) is 0 Å². The summed E-state index contributed by atoms with van der Waals surface area (Å²) in [6.07, 6.45) is 0. The van der Waals surface area contributed by atoms with Crippen LogP contribution in [0.15, 0.2) is 140 Å². The first-order valence-corrected chi connectivity index (χ1v) is 16.5. The molecule has 0 spiro atoms. The lowest BCUT2D eigenvalue weighted by atomic mass is 9.82. The van der Waals surface area contributed by atoms with Gasteiger partial charge in [0.1, 0.15) is 0 Å². The van der Waals surface area contributed by atoms with Crippen LogP contribution in [-0.2, 0) is 5.41 Å². The average molecular weight is 632 g/mol. The molecule has 49 heavy (non-hydrogen) atoms. The topological polar surface area (TPSA) is 57.1 Å². The number of nitrogens with zero attached hydrogens (tertiary/aromatic N) is 3. The Morgan fingerprint density at radius 1 is 0.449 bits per heavy atom. The quantitative estimate of drug-likeness (QED) is 0.182. The lowest BCUT2D eigenvalue weighted by Crippen LogP contribution is -2.15. The molecule has 0 atom stereocenters. The summed E-state index contributed by atoms with van der Waals surface area (Å²) in [7, 11) is 0. The molecule has 5 nitrogen and oxygen atoms in total. The molecule has 232 valence electrons. The van der Waals surface area contributed by atoms with Gasteiger partial charge in [0.25, 0.3) is 0 Å². The molecule has 2 aliphatic rings. The Bertz CT molecular complexity index is 2650. The fraction of sp³-hybridized carbons (Fsp3) is 0.0682. The molecule has 1 aromatic heterocycles. The predicted molar refractivity (Wildman–Crippen MR) is 195 cm³/mol. The largest absolute Gasteiger partial charge is 0.449 e. The van der Waals surface area contributed by atoms with Crippen molar-refractivity contribution in [1.82, 2.24) is 15.0 Å². The smallest absolute Gasteiger partial charge is 0.178 e. The molecular weight excluding hydrogens is 603 g/mol. The standard InChI is InChI=1S/C44H29N3O2/c1-44(2)34-15-9-8-14-33(34)39-35(44)21-23-37-40(39)49-38-25-30(19-22-36(38)48-37)43-46-41(27-11-4-3-5-12-27)45-42(47-43)29-18-20-32-28(24-29)17-16-26-10-6-7-13-31(26)32/h3-25H,1-2H3. The highest BCUT2D eigenvalue weighted by molar-refractivity contribution is 6.08. The van der Waals surface area contributed by atoms with E-state index in [9.17, 15) is 0 Å². The van der Waals surface area contributed by atoms with Crippen molar-refractivity contribution in [2.75, 3.05) is 0 Å². The van der Waals surface area contributed by atoms with Gasteiger partial charge in [0.05, 0.1) is 0 Å². The molecule has 0 bridgehead atoms. The number of hydrogen-bond donors (Lipinski definition) is 0. The van der Waals surface area contributed by atoms with Gasteiger partial charge < -0.3 is 9.47 Å². The molecule has 0 saturated heterocycles. The lowest BCUT2D eigenvalue weighted by Gasteiger charge is -2.25. The Balaban J connectivity index is 1.10. The van der Waals surface area contributed by atoms with Crippen LogP contribution in [0.3, 0.4) is 0 Å². The molecule has 0 amide bonds. The first-order valence-electron chi connectivity index (χ1n) is 16.5. The summed E-state index contributed by atoms with van der Waals surface area (Å²) in [5, 5.41) is 4.78. The molecule has 10 rings (SSSR count). The van der Waals surface area contributed by atoms with Crippen molar-refractivity contribution in [3.8, 4) is 68.3 Å². The fourth-order valence-electron chi connectivity index (χ4n) is 7.47. The Hall–Kier alpha value is -6.33. The van der Waals surface area contributed by atoms with E-state index in [1.54, 1.807) is 0 Å². The van der Waals surface area contributed by atoms with E-state index < -0.39 is 0 Å². The number of rotatable bonds is 3. The molecule has 0 radical (unpaired) electrons. The van der Waals surface area contributed by atoms with E-state index in [2.05, 4.69) is 98.8 Å². The van der Waals surface area contributed by atoms with Crippen molar-refractivity contribution in [1.29, 1.82) is 0 Å². The van der Waals surface area contributed by atoms with Crippen LogP contribution in [0.1, 0.15) is 25.0 Å². The summed E-state index contributed by atoms with van der Waals surface area (Å²) in [6.45, 7) is 4.53. The van der Waals surface area contributed by atoms with Crippen molar-refractivity contribution < 1.29 is 9.47 Å². The molecule has 1 aliphatic heterocycles. The monoisotopic (exact) mass is 631 g/mol. The molecule has 1 aliphatic carbocycles. The third-order valence-corrected chi connectivity index (χ3v) is 9.97. The molecule has 0 unspecified atom stereocenters. The van der Waals surface area contributed by atoms with Crippen molar-refractivity contribution >= 4 is 21.5 Å². The van der Waals surface area contributed by atoms with Gasteiger partial charge in [-0.3, -0.25) is 0 Å². The maximum Gasteiger partial charge on any atom is 0.178 e. The minimum absolute atomic E-state index is 0.141. The third-order valence-electron chi connectivity index (χ3n) is 9.97. The first kappa shape index (κ1) is 27.8. The second-order valence-corrected chi connectivity index (χ2v) is 13.2. The summed E-state index contributed by atoms with van der Waals surface area (Å²) in [4.78, 5) is 15.0. The van der Waals surface area contributed by atoms with Crippen LogP contribution in [-0.4, -0.2) is 15.0 Å². The van der Waals surface area contributed by atoms with Gasteiger partial charge in [-0.2, -0.15) is 0 Å². The van der Waals surface area contributed by atoms with E-state index in [4.69, 9.17) is 24.4 Å². The number of aromatic nitrogens is 3. The number of ether oxygens (including phenoxy) is 2. The van der Waals surface area contributed by atoms with E-state index in [-0.39, 0.29) is 5.41 Å². The maximum absolute atomic E-state index is 6.75. The summed E-state index contributed by atoms with van der Waals surface area (Å²) in [5.74, 6) is 4.51. The Morgan fingerprint density at radius 2 is 1.10 bits per heavy atom. The summed E-state index contributed by atoms with van der Waals surface area (Å²) >= 11 is 0. The summed E-state index contributed by atoms with van der Waals surface area (Å²) < 4.78 is 13.2. The van der Waals surface area contributed by atoms with Gasteiger partial charge in [-0.25, -0.2) is 15.0 Å². The van der Waals surface area contributed by atoms with Crippen molar-refractivity contribution in [2.45, 2.75) is 19.3 Å². The lowest BCUT2D eigenvalue weighted by molar-refractivity contribution is 0.360. The van der Waals surface area contributed by atoms with Gasteiger partial charge in [0.15, 0.2) is 40.5 Å². The molecule has 5 heteroatoms. The minimum atomic E-state index is -0.141. The van der Waals surface area contributed by atoms with Crippen molar-refractivity contribution in [3.05, 3.63) is 151 Å². The molecule has 8 aromatic rings. The highest BCUT2D eigenvalue weighted by Crippen LogP contribution is 2.58. The van der Waals surface area contributed by atoms with Gasteiger partial charge in [0.2, 0.25) is 0 Å². The van der Waals surface area contributed by atoms with Gasteiger partial charge in [-0.1, -0.05) is 123 Å². The minimum Gasteiger partial charge on any atom is -0.449 e. The molecule has 0 saturated carbocycles. The number of fused-ring (bicyclic) bond motifs is 9. The zero-order valence-corrected chi connectivity index (χ0v) is 26.9. The molecule has 0 N–H and O–H groups in total. The van der Waals surface area contributed by atoms with E-state index in [1.165, 1.54) is 32.8 Å². The van der Waals surface area contributed by atoms with Crippen LogP contribution in [0.25, 0.3) is 66.8 Å². The van der Waals surface area contributed by atoms with Gasteiger partial charge >= 0.3 is 0 Å². The van der Waals surface area contributed by atoms with Gasteiger partial charge in [-0.05, 0) is 68.6 Å². The average Bonchev–Trinajstić information content (AvgIpc) is 3.40.